The third-order valence-corrected chi connectivity index (χ3v) is 3.69. The fourth-order valence-corrected chi connectivity index (χ4v) is 2.44. The second-order valence-electron chi connectivity index (χ2n) is 4.88. The number of nitrogens with zero attached hydrogens (tertiary/aromatic N) is 5. The van der Waals surface area contributed by atoms with E-state index in [0.717, 1.165) is 23.3 Å². The van der Waals surface area contributed by atoms with E-state index in [2.05, 4.69) is 36.1 Å². The van der Waals surface area contributed by atoms with Gasteiger partial charge in [0.2, 0.25) is 5.88 Å². The van der Waals surface area contributed by atoms with Gasteiger partial charge < -0.3 is 15.4 Å². The molecule has 0 bridgehead atoms. The zero-order valence-electron chi connectivity index (χ0n) is 12.3. The van der Waals surface area contributed by atoms with E-state index in [-0.39, 0.29) is 0 Å². The van der Waals surface area contributed by atoms with Gasteiger partial charge in [-0.05, 0) is 36.1 Å². The van der Waals surface area contributed by atoms with Crippen molar-refractivity contribution in [3.05, 3.63) is 34.2 Å². The molecule has 2 aromatic heterocycles. The molecule has 0 radical (unpaired) electrons. The van der Waals surface area contributed by atoms with Crippen molar-refractivity contribution in [2.45, 2.75) is 12.6 Å². The Hall–Kier alpha value is -1.51. The van der Waals surface area contributed by atoms with Gasteiger partial charge in [0, 0.05) is 12.6 Å². The maximum Gasteiger partial charge on any atom is 0.233 e. The van der Waals surface area contributed by atoms with E-state index in [1.54, 1.807) is 19.4 Å². The maximum atomic E-state index is 6.31. The van der Waals surface area contributed by atoms with E-state index in [1.807, 2.05) is 24.8 Å². The average molecular weight is 355 g/mol. The van der Waals surface area contributed by atoms with Crippen LogP contribution in [0.15, 0.2) is 22.8 Å². The summed E-state index contributed by atoms with van der Waals surface area (Å²) < 4.78 is 7.76. The largest absolute Gasteiger partial charge is 0.480 e. The molecule has 2 aromatic rings. The Bertz CT molecular complexity index is 583. The van der Waals surface area contributed by atoms with Crippen molar-refractivity contribution in [1.29, 1.82) is 0 Å². The van der Waals surface area contributed by atoms with Crippen LogP contribution in [0.25, 0.3) is 0 Å². The molecular formula is C13H19BrN6O. The summed E-state index contributed by atoms with van der Waals surface area (Å²) in [5.74, 6) is 0.464. The number of halogens is 1. The lowest BCUT2D eigenvalue weighted by Gasteiger charge is -2.16. The molecule has 0 aromatic carbocycles. The molecule has 0 saturated heterocycles. The van der Waals surface area contributed by atoms with Crippen LogP contribution >= 0.6 is 15.9 Å². The Morgan fingerprint density at radius 3 is 2.71 bits per heavy atom. The highest BCUT2D eigenvalue weighted by Gasteiger charge is 2.20. The number of ether oxygens (including phenoxy) is 1. The van der Waals surface area contributed by atoms with Crippen molar-refractivity contribution in [3.63, 3.8) is 0 Å². The summed E-state index contributed by atoms with van der Waals surface area (Å²) in [6, 6.07) is 3.16. The number of hydrogen-bond donors (Lipinski definition) is 1. The van der Waals surface area contributed by atoms with Crippen molar-refractivity contribution < 1.29 is 4.74 Å². The van der Waals surface area contributed by atoms with Gasteiger partial charge in [-0.15, -0.1) is 10.2 Å². The number of likely N-dealkylation sites (N-methyl/N-ethyl adjacent to an activating group) is 1. The lowest BCUT2D eigenvalue weighted by molar-refractivity contribution is 0.367. The van der Waals surface area contributed by atoms with Crippen molar-refractivity contribution in [3.8, 4) is 5.88 Å². The normalized spacial score (nSPS) is 12.7. The molecule has 1 unspecified atom stereocenters. The molecule has 8 heteroatoms. The number of aromatic nitrogens is 4. The standard InChI is InChI=1S/C13H19BrN6O/c1-19(2)6-7-20-13(9(14)8-16-20)12(15)10-4-5-11(21-3)18-17-10/h4-5,8,12H,6-7,15H2,1-3H3. The Morgan fingerprint density at radius 2 is 2.14 bits per heavy atom. The number of methoxy groups -OCH3 is 1. The molecule has 2 heterocycles. The van der Waals surface area contributed by atoms with Crippen LogP contribution in [0.1, 0.15) is 17.4 Å². The molecule has 0 saturated carbocycles. The van der Waals surface area contributed by atoms with Crippen LogP contribution in [0, 0.1) is 0 Å². The van der Waals surface area contributed by atoms with Crippen LogP contribution in [-0.4, -0.2) is 52.6 Å². The van der Waals surface area contributed by atoms with Crippen LogP contribution in [0.5, 0.6) is 5.88 Å². The lowest BCUT2D eigenvalue weighted by atomic mass is 10.1. The highest BCUT2D eigenvalue weighted by Crippen LogP contribution is 2.26. The van der Waals surface area contributed by atoms with Gasteiger partial charge in [0.05, 0.1) is 41.8 Å². The SMILES string of the molecule is COc1ccc(C(N)c2c(Br)cnn2CCN(C)C)nn1. The maximum absolute atomic E-state index is 6.31. The molecule has 21 heavy (non-hydrogen) atoms. The second kappa shape index (κ2) is 6.97. The minimum absolute atomic E-state index is 0.401. The third-order valence-electron chi connectivity index (χ3n) is 3.08. The molecular weight excluding hydrogens is 336 g/mol. The first-order chi connectivity index (χ1) is 10.0. The smallest absolute Gasteiger partial charge is 0.233 e. The first-order valence-corrected chi connectivity index (χ1v) is 7.31. The van der Waals surface area contributed by atoms with Gasteiger partial charge >= 0.3 is 0 Å². The van der Waals surface area contributed by atoms with Crippen LogP contribution < -0.4 is 10.5 Å². The van der Waals surface area contributed by atoms with Gasteiger partial charge in [0.15, 0.2) is 0 Å². The molecule has 0 aliphatic rings. The van der Waals surface area contributed by atoms with Gasteiger partial charge in [-0.3, -0.25) is 4.68 Å². The molecule has 0 aliphatic heterocycles. The predicted molar refractivity (Wildman–Crippen MR) is 83.1 cm³/mol. The summed E-state index contributed by atoms with van der Waals surface area (Å²) in [7, 11) is 5.59. The van der Waals surface area contributed by atoms with E-state index in [9.17, 15) is 0 Å². The van der Waals surface area contributed by atoms with Crippen LogP contribution in [0.3, 0.4) is 0 Å². The Morgan fingerprint density at radius 1 is 1.38 bits per heavy atom. The van der Waals surface area contributed by atoms with E-state index >= 15 is 0 Å². The van der Waals surface area contributed by atoms with Crippen molar-refractivity contribution in [2.75, 3.05) is 27.7 Å². The highest BCUT2D eigenvalue weighted by molar-refractivity contribution is 9.10. The number of nitrogens with two attached hydrogens (primary N) is 1. The lowest BCUT2D eigenvalue weighted by Crippen LogP contribution is -2.24. The molecule has 2 rings (SSSR count). The molecule has 0 spiro atoms. The summed E-state index contributed by atoms with van der Waals surface area (Å²) in [6.45, 7) is 1.63. The molecule has 0 amide bonds. The van der Waals surface area contributed by atoms with Gasteiger partial charge in [-0.2, -0.15) is 5.10 Å². The molecule has 0 fully saturated rings. The molecule has 2 N–H and O–H groups in total. The van der Waals surface area contributed by atoms with Gasteiger partial charge in [-0.1, -0.05) is 0 Å². The minimum atomic E-state index is -0.401. The Balaban J connectivity index is 2.24. The third kappa shape index (κ3) is 3.78. The molecule has 1 atom stereocenters. The summed E-state index contributed by atoms with van der Waals surface area (Å²) >= 11 is 3.50. The topological polar surface area (TPSA) is 82.1 Å². The van der Waals surface area contributed by atoms with Crippen LogP contribution in [0.2, 0.25) is 0 Å². The number of rotatable bonds is 6. The highest BCUT2D eigenvalue weighted by atomic mass is 79.9. The van der Waals surface area contributed by atoms with Crippen LogP contribution in [-0.2, 0) is 6.54 Å². The Kier molecular flexibility index (Phi) is 5.27. The number of hydrogen-bond acceptors (Lipinski definition) is 6. The van der Waals surface area contributed by atoms with E-state index in [0.29, 0.717) is 11.6 Å². The molecule has 114 valence electrons. The molecule has 0 aliphatic carbocycles. The summed E-state index contributed by atoms with van der Waals surface area (Å²) in [5.41, 5.74) is 7.87. The summed E-state index contributed by atoms with van der Waals surface area (Å²) in [4.78, 5) is 2.10. The average Bonchev–Trinajstić information content (AvgIpc) is 2.85. The summed E-state index contributed by atoms with van der Waals surface area (Å²) in [6.07, 6.45) is 1.75. The van der Waals surface area contributed by atoms with E-state index in [1.165, 1.54) is 0 Å². The van der Waals surface area contributed by atoms with Gasteiger partial charge in [0.1, 0.15) is 0 Å². The zero-order valence-corrected chi connectivity index (χ0v) is 13.9. The predicted octanol–water partition coefficient (Wildman–Crippen LogP) is 1.05. The monoisotopic (exact) mass is 354 g/mol. The fraction of sp³-hybridized carbons (Fsp3) is 0.462. The first kappa shape index (κ1) is 15.9. The van der Waals surface area contributed by atoms with E-state index < -0.39 is 6.04 Å². The summed E-state index contributed by atoms with van der Waals surface area (Å²) in [5, 5.41) is 12.4. The van der Waals surface area contributed by atoms with Crippen molar-refractivity contribution in [1.82, 2.24) is 24.9 Å². The zero-order chi connectivity index (χ0) is 15.4. The first-order valence-electron chi connectivity index (χ1n) is 6.52. The van der Waals surface area contributed by atoms with Crippen molar-refractivity contribution >= 4 is 15.9 Å². The van der Waals surface area contributed by atoms with E-state index in [4.69, 9.17) is 10.5 Å². The van der Waals surface area contributed by atoms with Gasteiger partial charge in [0.25, 0.3) is 0 Å². The van der Waals surface area contributed by atoms with Gasteiger partial charge in [-0.25, -0.2) is 0 Å². The Labute approximate surface area is 132 Å². The molecule has 7 nitrogen and oxygen atoms in total. The quantitative estimate of drug-likeness (QED) is 0.834. The van der Waals surface area contributed by atoms with Crippen molar-refractivity contribution in [2.24, 2.45) is 5.73 Å². The second-order valence-corrected chi connectivity index (χ2v) is 5.74. The fourth-order valence-electron chi connectivity index (χ4n) is 1.90. The van der Waals surface area contributed by atoms with Crippen LogP contribution in [0.4, 0.5) is 0 Å². The minimum Gasteiger partial charge on any atom is -0.480 e.